The number of hydrogen-bond donors (Lipinski definition) is 3. The molecule has 1 radical (unpaired) electrons. The number of halogens is 1. The molecule has 23 heteroatoms. The van der Waals surface area contributed by atoms with Gasteiger partial charge in [-0.05, 0) is 133 Å². The molecule has 3 aromatic carbocycles. The van der Waals surface area contributed by atoms with E-state index in [-0.39, 0.29) is 106 Å². The maximum absolute atomic E-state index is 12.3. The van der Waals surface area contributed by atoms with Gasteiger partial charge in [0.15, 0.2) is 19.0 Å². The monoisotopic (exact) mass is 1330 g/mol. The number of aromatic nitrogens is 3. The minimum atomic E-state index is -1.16. The number of ether oxygens (including phenoxy) is 5. The topological polar surface area (TPSA) is 217 Å². The number of anilines is 2. The molecule has 6 aromatic rings. The molecule has 0 bridgehead atoms. The summed E-state index contributed by atoms with van der Waals surface area (Å²) in [6.07, 6.45) is 6.73. The summed E-state index contributed by atoms with van der Waals surface area (Å²) in [4.78, 5) is 72.1. The van der Waals surface area contributed by atoms with Gasteiger partial charge in [-0.1, -0.05) is 77.9 Å². The number of carbonyl (C=O) groups excluding carboxylic acids is 3. The van der Waals surface area contributed by atoms with Crippen LogP contribution in [0.5, 0.6) is 17.2 Å². The molecule has 18 nitrogen and oxygen atoms in total. The first-order valence-corrected chi connectivity index (χ1v) is 36.7. The van der Waals surface area contributed by atoms with Gasteiger partial charge in [0.2, 0.25) is 5.56 Å². The van der Waals surface area contributed by atoms with Crippen LogP contribution in [0.4, 0.5) is 11.4 Å². The van der Waals surface area contributed by atoms with Crippen LogP contribution in [-0.4, -0.2) is 99.7 Å². The first-order valence-electron chi connectivity index (χ1n) is 28.5. The van der Waals surface area contributed by atoms with Crippen molar-refractivity contribution in [2.45, 2.75) is 145 Å². The molecule has 0 aliphatic carbocycles. The van der Waals surface area contributed by atoms with E-state index < -0.39 is 16.1 Å². The van der Waals surface area contributed by atoms with Gasteiger partial charge in [0.05, 0.1) is 23.1 Å². The molecule has 0 spiro atoms. The minimum Gasteiger partial charge on any atom is -0.486 e. The molecular weight excluding hydrogens is 1240 g/mol. The number of fused-ring (bicyclic) bond motifs is 3. The number of nitrogens with one attached hydrogen (secondary N) is 3. The van der Waals surface area contributed by atoms with Crippen molar-refractivity contribution in [3.63, 3.8) is 0 Å². The average molecular weight is 1330 g/mol. The summed E-state index contributed by atoms with van der Waals surface area (Å²) in [5.74, 6) is 1.87. The van der Waals surface area contributed by atoms with Crippen molar-refractivity contribution in [3.8, 4) is 39.5 Å². The Morgan fingerprint density at radius 2 is 1.16 bits per heavy atom. The van der Waals surface area contributed by atoms with E-state index in [0.717, 1.165) is 85.3 Å². The van der Waals surface area contributed by atoms with Gasteiger partial charge in [-0.3, -0.25) is 37.9 Å². The Kier molecular flexibility index (Phi) is 27.8. The van der Waals surface area contributed by atoms with Crippen molar-refractivity contribution < 1.29 is 65.9 Å². The Balaban J connectivity index is 0.000000246. The number of Topliss-reactive ketones (excluding diaryl/α,β-unsaturated/α-hetero) is 1. The van der Waals surface area contributed by atoms with Gasteiger partial charge < -0.3 is 55.5 Å². The van der Waals surface area contributed by atoms with Crippen molar-refractivity contribution in [2.24, 2.45) is 0 Å². The molecular formula is C64H86BBrN5O13Si2V-. The fraction of sp³-hybridized carbons (Fsp3) is 0.422. The van der Waals surface area contributed by atoms with E-state index in [1.807, 2.05) is 109 Å². The molecule has 3 N–H and O–H groups in total. The third-order valence-electron chi connectivity index (χ3n) is 13.9. The fourth-order valence-corrected chi connectivity index (χ4v) is 10.5. The zero-order chi connectivity index (χ0) is 62.4. The van der Waals surface area contributed by atoms with Crippen LogP contribution in [0.2, 0.25) is 51.4 Å². The van der Waals surface area contributed by atoms with Crippen molar-refractivity contribution in [1.29, 1.82) is 0 Å². The maximum atomic E-state index is 12.3. The molecule has 1 unspecified atom stereocenters. The molecule has 3 aromatic heterocycles. The summed E-state index contributed by atoms with van der Waals surface area (Å²) >= 11 is 3.41. The summed E-state index contributed by atoms with van der Waals surface area (Å²) < 4.78 is 43.2. The quantitative estimate of drug-likeness (QED) is 0.0558. The van der Waals surface area contributed by atoms with E-state index in [9.17, 15) is 28.8 Å². The number of nitrogens with zero attached hydrogens (tertiary/aromatic N) is 2. The third kappa shape index (κ3) is 22.2. The third-order valence-corrected chi connectivity index (χ3v) is 18.1. The molecule has 10 rings (SSSR count). The molecule has 1 atom stereocenters. The zero-order valence-corrected chi connectivity index (χ0v) is 56.8. The van der Waals surface area contributed by atoms with Crippen LogP contribution in [-0.2, 0) is 71.6 Å². The Morgan fingerprint density at radius 3 is 1.67 bits per heavy atom. The summed E-state index contributed by atoms with van der Waals surface area (Å²) in [5.41, 5.74) is 9.00. The van der Waals surface area contributed by atoms with Crippen LogP contribution >= 0.6 is 15.9 Å². The maximum Gasteiger partial charge on any atom is 0.494 e. The van der Waals surface area contributed by atoms with E-state index in [1.54, 1.807) is 39.7 Å². The normalized spacial score (nSPS) is 15.2. The van der Waals surface area contributed by atoms with Crippen LogP contribution in [0.1, 0.15) is 63.8 Å². The molecule has 87 heavy (non-hydrogen) atoms. The van der Waals surface area contributed by atoms with Crippen molar-refractivity contribution in [2.75, 3.05) is 43.7 Å². The number of amides is 2. The minimum absolute atomic E-state index is 0. The number of pyridine rings is 3. The second-order valence-corrected chi connectivity index (χ2v) is 36.3. The number of benzene rings is 3. The Bertz CT molecular complexity index is 3530. The van der Waals surface area contributed by atoms with Crippen LogP contribution in [0.15, 0.2) is 110 Å². The molecule has 2 amide bonds. The summed E-state index contributed by atoms with van der Waals surface area (Å²) in [5, 5.41) is 5.58. The molecule has 4 aliphatic rings. The van der Waals surface area contributed by atoms with Crippen molar-refractivity contribution in [3.05, 3.63) is 156 Å². The van der Waals surface area contributed by atoms with Crippen molar-refractivity contribution in [1.82, 2.24) is 14.1 Å². The van der Waals surface area contributed by atoms with E-state index in [4.69, 9.17) is 33.0 Å². The molecule has 469 valence electrons. The van der Waals surface area contributed by atoms with Crippen LogP contribution in [0.3, 0.4) is 0 Å². The average Bonchev–Trinajstić information content (AvgIpc) is 2.13. The number of rotatable bonds is 13. The summed E-state index contributed by atoms with van der Waals surface area (Å²) in [6, 6.07) is 23.9. The predicted octanol–water partition coefficient (Wildman–Crippen LogP) is 11.3. The van der Waals surface area contributed by atoms with E-state index in [0.29, 0.717) is 42.6 Å². The Hall–Kier alpha value is -6.08. The number of H-pyrrole nitrogens is 1. The molecule has 7 heterocycles. The molecule has 1 fully saturated rings. The largest absolute Gasteiger partial charge is 0.494 e. The summed E-state index contributed by atoms with van der Waals surface area (Å²) in [6.45, 7) is 33.3. The van der Waals surface area contributed by atoms with Gasteiger partial charge in [-0.2, -0.15) is 6.42 Å². The van der Waals surface area contributed by atoms with Gasteiger partial charge >= 0.3 is 7.12 Å². The Labute approximate surface area is 535 Å². The number of aryl methyl sites for hydroxylation is 3. The number of aromatic amines is 1. The first kappa shape index (κ1) is 73.4. The second-order valence-electron chi connectivity index (χ2n) is 24.2. The second kappa shape index (κ2) is 32.9. The fourth-order valence-electron chi connectivity index (χ4n) is 8.62. The smallest absolute Gasteiger partial charge is 0.486 e. The summed E-state index contributed by atoms with van der Waals surface area (Å²) in [7, 11) is -2.58. The number of hydrogen-bond acceptors (Lipinski definition) is 13. The number of carbonyl (C=O) groups is 3. The van der Waals surface area contributed by atoms with Gasteiger partial charge in [-0.25, -0.2) is 0 Å². The van der Waals surface area contributed by atoms with Crippen molar-refractivity contribution >= 4 is 73.6 Å². The van der Waals surface area contributed by atoms with Gasteiger partial charge in [-0.15, -0.1) is 0 Å². The van der Waals surface area contributed by atoms with Gasteiger partial charge in [0, 0.05) is 112 Å². The van der Waals surface area contributed by atoms with Gasteiger partial charge in [0.25, 0.3) is 22.9 Å². The molecule has 4 aliphatic heterocycles. The van der Waals surface area contributed by atoms with Crippen LogP contribution < -0.4 is 47.0 Å². The van der Waals surface area contributed by atoms with E-state index in [1.165, 1.54) is 0 Å². The molecule has 1 saturated heterocycles. The van der Waals surface area contributed by atoms with Crippen LogP contribution in [0.25, 0.3) is 22.3 Å². The van der Waals surface area contributed by atoms with E-state index >= 15 is 0 Å². The van der Waals surface area contributed by atoms with Gasteiger partial charge in [0.1, 0.15) is 37.3 Å². The first-order chi connectivity index (χ1) is 40.0. The zero-order valence-electron chi connectivity index (χ0n) is 51.8. The Morgan fingerprint density at radius 1 is 0.678 bits per heavy atom. The number of ketones is 1. The van der Waals surface area contributed by atoms with Crippen LogP contribution in [0, 0.1) is 27.7 Å². The predicted molar refractivity (Wildman–Crippen MR) is 352 cm³/mol. The standard InChI is InChI=1S/C20H26N2O4Si.C14H17BO4.C14H12N2O3.C12H20BrNO2Si.C3H7.CH4.V/c1-14-9-20(24)22(13-25-7-8-27(2,3)4)11-16(14)15-5-6-18-17(10-15)21-19(23)12-26-18;1-9-14(2,3)19-15(18-9)11-4-5-13-10(6-11)7-12(16)8-17-13;1-8-4-13(17)15-6-10(8)9-2-3-12-11(5-9)16-14(18)7-19-12;1-10-7-12(15)14(8-11(10)13)9-16-5-6-17(2,3)4;1-3-2;;/h5-6,9-11H,7-8,12-13H2,1-4H3,(H,21,23);4-6,9H,7-8H2,1-3H3;2-6H,7H2,1H3,(H,15,17)(H,16,18);7-8H,5-6,9H2,1-4H3;1,3H2,2H3;1H4;/q;;;;-1;;. The SMILES string of the molecule is C.CC1OB(c2ccc3c(c2)CC(=O)CO3)OC1(C)C.Cc1cc(=O)[nH]cc1-c1ccc2c(c1)NC(=O)CO2.Cc1cc(=O)n(COCC[Si](C)(C)C)cc1-c1ccc2c(c1)NC(=O)CO2.Cc1cc(=O)n(COCC[Si](C)(C)C)cc1Br.[CH2-]CC.[V]. The van der Waals surface area contributed by atoms with E-state index in [2.05, 4.69) is 77.8 Å². The molecule has 0 saturated carbocycles.